The highest BCUT2D eigenvalue weighted by molar-refractivity contribution is 7.92. The summed E-state index contributed by atoms with van der Waals surface area (Å²) in [6, 6.07) is 12.8. The largest absolute Gasteiger partial charge is 0.350 e. The average Bonchev–Trinajstić information content (AvgIpc) is 2.61. The number of carbonyl (C=O) groups excluding carboxylic acids is 2. The summed E-state index contributed by atoms with van der Waals surface area (Å²) in [6.45, 7) is 3.88. The Balaban J connectivity index is 2.15. The first-order valence-electron chi connectivity index (χ1n) is 8.48. The Bertz CT molecular complexity index is 924. The Morgan fingerprint density at radius 2 is 1.63 bits per heavy atom. The zero-order valence-corrected chi connectivity index (χ0v) is 16.3. The van der Waals surface area contributed by atoms with Crippen LogP contribution in [0, 0.1) is 0 Å². The number of anilines is 2. The number of hydrogen-bond acceptors (Lipinski definition) is 4. The highest BCUT2D eigenvalue weighted by Gasteiger charge is 2.15. The molecule has 2 aromatic rings. The first-order chi connectivity index (χ1) is 12.7. The first kappa shape index (κ1) is 20.4. The van der Waals surface area contributed by atoms with Crippen LogP contribution in [-0.4, -0.2) is 32.5 Å². The molecule has 0 saturated heterocycles. The maximum Gasteiger partial charge on any atom is 0.255 e. The lowest BCUT2D eigenvalue weighted by Crippen LogP contribution is -2.32. The van der Waals surface area contributed by atoms with Crippen molar-refractivity contribution in [1.29, 1.82) is 0 Å². The molecular weight excluding hydrogens is 366 g/mol. The van der Waals surface area contributed by atoms with Gasteiger partial charge in [0.2, 0.25) is 10.0 Å². The molecule has 0 aliphatic heterocycles. The highest BCUT2D eigenvalue weighted by atomic mass is 32.2. The molecule has 2 aromatic carbocycles. The fourth-order valence-corrected chi connectivity index (χ4v) is 2.86. The molecule has 1 atom stereocenters. The molecule has 7 nitrogen and oxygen atoms in total. The lowest BCUT2D eigenvalue weighted by Gasteiger charge is -2.14. The number of hydrogen-bond donors (Lipinski definition) is 3. The highest BCUT2D eigenvalue weighted by Crippen LogP contribution is 2.18. The van der Waals surface area contributed by atoms with Gasteiger partial charge >= 0.3 is 0 Å². The second kappa shape index (κ2) is 8.68. The summed E-state index contributed by atoms with van der Waals surface area (Å²) >= 11 is 0. The Kier molecular flexibility index (Phi) is 6.57. The molecule has 0 spiro atoms. The predicted octanol–water partition coefficient (Wildman–Crippen LogP) is 2.84. The van der Waals surface area contributed by atoms with Crippen molar-refractivity contribution in [1.82, 2.24) is 5.32 Å². The predicted molar refractivity (Wildman–Crippen MR) is 107 cm³/mol. The van der Waals surface area contributed by atoms with Crippen LogP contribution in [0.4, 0.5) is 11.4 Å². The number of nitrogens with one attached hydrogen (secondary N) is 3. The van der Waals surface area contributed by atoms with Gasteiger partial charge in [0.25, 0.3) is 11.8 Å². The van der Waals surface area contributed by atoms with E-state index in [0.717, 1.165) is 12.7 Å². The number of sulfonamides is 1. The van der Waals surface area contributed by atoms with Gasteiger partial charge < -0.3 is 10.6 Å². The molecule has 0 fully saturated rings. The van der Waals surface area contributed by atoms with Crippen LogP contribution in [0.1, 0.15) is 41.0 Å². The number of amides is 2. The molecule has 2 amide bonds. The van der Waals surface area contributed by atoms with Gasteiger partial charge in [-0.1, -0.05) is 19.1 Å². The van der Waals surface area contributed by atoms with Crippen LogP contribution in [0.25, 0.3) is 0 Å². The van der Waals surface area contributed by atoms with Crippen molar-refractivity contribution in [3.05, 3.63) is 59.7 Å². The van der Waals surface area contributed by atoms with Gasteiger partial charge in [-0.15, -0.1) is 0 Å². The third-order valence-electron chi connectivity index (χ3n) is 3.86. The van der Waals surface area contributed by atoms with Crippen molar-refractivity contribution in [3.8, 4) is 0 Å². The summed E-state index contributed by atoms with van der Waals surface area (Å²) < 4.78 is 24.8. The van der Waals surface area contributed by atoms with E-state index in [-0.39, 0.29) is 11.9 Å². The van der Waals surface area contributed by atoms with Crippen molar-refractivity contribution in [2.24, 2.45) is 0 Å². The van der Waals surface area contributed by atoms with Gasteiger partial charge in [0.1, 0.15) is 0 Å². The summed E-state index contributed by atoms with van der Waals surface area (Å²) in [5.41, 5.74) is 1.48. The summed E-state index contributed by atoms with van der Waals surface area (Å²) in [7, 11) is -3.38. The number of benzene rings is 2. The quantitative estimate of drug-likeness (QED) is 0.677. The van der Waals surface area contributed by atoms with Crippen molar-refractivity contribution in [2.75, 3.05) is 16.3 Å². The van der Waals surface area contributed by atoms with Gasteiger partial charge in [-0.05, 0) is 49.7 Å². The van der Waals surface area contributed by atoms with Gasteiger partial charge in [0, 0.05) is 17.3 Å². The molecule has 0 radical (unpaired) electrons. The third kappa shape index (κ3) is 6.10. The second-order valence-corrected chi connectivity index (χ2v) is 7.98. The van der Waals surface area contributed by atoms with E-state index >= 15 is 0 Å². The molecular formula is C19H23N3O4S. The lowest BCUT2D eigenvalue weighted by molar-refractivity contribution is 0.0940. The van der Waals surface area contributed by atoms with E-state index in [1.165, 1.54) is 24.3 Å². The summed E-state index contributed by atoms with van der Waals surface area (Å²) in [6.07, 6.45) is 1.85. The van der Waals surface area contributed by atoms with Crippen LogP contribution in [0.15, 0.2) is 48.5 Å². The van der Waals surface area contributed by atoms with E-state index in [9.17, 15) is 18.0 Å². The van der Waals surface area contributed by atoms with Crippen molar-refractivity contribution in [2.45, 2.75) is 26.3 Å². The van der Waals surface area contributed by atoms with Crippen LogP contribution < -0.4 is 15.4 Å². The van der Waals surface area contributed by atoms with Crippen LogP contribution in [-0.2, 0) is 10.0 Å². The van der Waals surface area contributed by atoms with Crippen molar-refractivity contribution in [3.63, 3.8) is 0 Å². The van der Waals surface area contributed by atoms with Gasteiger partial charge in [0.05, 0.1) is 17.5 Å². The Morgan fingerprint density at radius 1 is 1.00 bits per heavy atom. The van der Waals surface area contributed by atoms with Crippen LogP contribution in [0.5, 0.6) is 0 Å². The summed E-state index contributed by atoms with van der Waals surface area (Å²) in [5.74, 6) is -0.655. The number of para-hydroxylation sites is 1. The fraction of sp³-hybridized carbons (Fsp3) is 0.263. The van der Waals surface area contributed by atoms with E-state index in [4.69, 9.17) is 0 Å². The molecule has 27 heavy (non-hydrogen) atoms. The molecule has 2 rings (SSSR count). The van der Waals surface area contributed by atoms with Gasteiger partial charge in [-0.2, -0.15) is 0 Å². The van der Waals surface area contributed by atoms with E-state index in [1.54, 1.807) is 24.3 Å². The third-order valence-corrected chi connectivity index (χ3v) is 4.47. The van der Waals surface area contributed by atoms with Crippen LogP contribution >= 0.6 is 0 Å². The van der Waals surface area contributed by atoms with Gasteiger partial charge in [0.15, 0.2) is 0 Å². The normalized spacial score (nSPS) is 12.1. The van der Waals surface area contributed by atoms with Crippen LogP contribution in [0.2, 0.25) is 0 Å². The fourth-order valence-electron chi connectivity index (χ4n) is 2.29. The van der Waals surface area contributed by atoms with Gasteiger partial charge in [-0.3, -0.25) is 14.3 Å². The SMILES string of the molecule is CC[C@H](C)NC(=O)c1ccccc1NC(=O)c1ccc(NS(C)(=O)=O)cc1. The molecule has 144 valence electrons. The minimum Gasteiger partial charge on any atom is -0.350 e. The lowest BCUT2D eigenvalue weighted by atomic mass is 10.1. The van der Waals surface area contributed by atoms with E-state index in [1.807, 2.05) is 13.8 Å². The molecule has 0 heterocycles. The molecule has 0 saturated carbocycles. The zero-order chi connectivity index (χ0) is 20.0. The summed E-state index contributed by atoms with van der Waals surface area (Å²) in [4.78, 5) is 24.9. The number of rotatable bonds is 7. The minimum atomic E-state index is -3.38. The molecule has 0 aliphatic carbocycles. The minimum absolute atomic E-state index is 0.0242. The second-order valence-electron chi connectivity index (χ2n) is 6.23. The molecule has 0 bridgehead atoms. The molecule has 8 heteroatoms. The zero-order valence-electron chi connectivity index (χ0n) is 15.4. The molecule has 0 unspecified atom stereocenters. The maximum absolute atomic E-state index is 12.5. The van der Waals surface area contributed by atoms with Crippen LogP contribution in [0.3, 0.4) is 0 Å². The molecule has 0 aliphatic rings. The van der Waals surface area contributed by atoms with E-state index in [2.05, 4.69) is 15.4 Å². The Morgan fingerprint density at radius 3 is 2.22 bits per heavy atom. The topological polar surface area (TPSA) is 104 Å². The monoisotopic (exact) mass is 389 g/mol. The smallest absolute Gasteiger partial charge is 0.255 e. The Labute approximate surface area is 159 Å². The summed E-state index contributed by atoms with van der Waals surface area (Å²) in [5, 5.41) is 5.60. The number of carbonyl (C=O) groups is 2. The van der Waals surface area contributed by atoms with Crippen molar-refractivity contribution >= 4 is 33.2 Å². The molecule has 0 aromatic heterocycles. The maximum atomic E-state index is 12.5. The first-order valence-corrected chi connectivity index (χ1v) is 10.4. The van der Waals surface area contributed by atoms with Gasteiger partial charge in [-0.25, -0.2) is 8.42 Å². The standard InChI is InChI=1S/C19H23N3O4S/c1-4-13(2)20-19(24)16-7-5-6-8-17(16)21-18(23)14-9-11-15(12-10-14)22-27(3,25)26/h5-13,22H,4H2,1-3H3,(H,20,24)(H,21,23)/t13-/m0/s1. The Hall–Kier alpha value is -2.87. The van der Waals surface area contributed by atoms with Crippen molar-refractivity contribution < 1.29 is 18.0 Å². The van der Waals surface area contributed by atoms with E-state index in [0.29, 0.717) is 22.5 Å². The average molecular weight is 389 g/mol. The molecule has 3 N–H and O–H groups in total. The van der Waals surface area contributed by atoms with E-state index < -0.39 is 15.9 Å².